The summed E-state index contributed by atoms with van der Waals surface area (Å²) in [5.41, 5.74) is 2.61. The number of carbonyl (C=O) groups excluding carboxylic acids is 6. The van der Waals surface area contributed by atoms with Crippen molar-refractivity contribution in [3.63, 3.8) is 0 Å². The molecule has 0 bridgehead atoms. The zero-order chi connectivity index (χ0) is 30.5. The van der Waals surface area contributed by atoms with Crippen molar-refractivity contribution in [1.29, 1.82) is 0 Å². The fourth-order valence-electron chi connectivity index (χ4n) is 3.87. The summed E-state index contributed by atoms with van der Waals surface area (Å²) >= 11 is 0. The first kappa shape index (κ1) is 36.5. The second kappa shape index (κ2) is 21.4. The van der Waals surface area contributed by atoms with Gasteiger partial charge in [0.1, 0.15) is 0 Å². The van der Waals surface area contributed by atoms with Gasteiger partial charge < -0.3 is 21.3 Å². The summed E-state index contributed by atoms with van der Waals surface area (Å²) in [6.45, 7) is 12.3. The van der Waals surface area contributed by atoms with Gasteiger partial charge in [0.2, 0.25) is 35.9 Å². The fourth-order valence-corrected chi connectivity index (χ4v) is 3.87. The van der Waals surface area contributed by atoms with Crippen LogP contribution in [0.1, 0.15) is 72.6 Å². The standard InChI is InChI=1S/C16H29N5O5.C11H19NO2/c1-12(7-13(2)21-26)5-3-4-6-18-15(24)9-20-16(25)10-19-14(23)8-17-11-22;1-4-5-6-12-10(13)7-9(8(2)3)11(12)14/h11-12,21,26H,2-10H2,1H3,(H,17,22)(H,18,24)(H,19,23)(H,20,25);8-9H,4-7H2,1-3H3. The number of unbranched alkanes of at least 4 members (excludes halogenated alkanes) is 2. The summed E-state index contributed by atoms with van der Waals surface area (Å²) in [6.07, 6.45) is 6.11. The molecule has 1 heterocycles. The van der Waals surface area contributed by atoms with E-state index >= 15 is 0 Å². The van der Waals surface area contributed by atoms with Crippen molar-refractivity contribution in [3.8, 4) is 0 Å². The molecule has 0 aromatic rings. The van der Waals surface area contributed by atoms with Crippen LogP contribution in [0, 0.1) is 17.8 Å². The van der Waals surface area contributed by atoms with Crippen LogP contribution in [0.4, 0.5) is 0 Å². The average molecular weight is 569 g/mol. The predicted octanol–water partition coefficient (Wildman–Crippen LogP) is 0.588. The molecule has 1 fully saturated rings. The molecule has 0 aromatic carbocycles. The quantitative estimate of drug-likeness (QED) is 0.0565. The lowest BCUT2D eigenvalue weighted by Crippen LogP contribution is -2.43. The Balaban J connectivity index is 0.000000906. The number of carbonyl (C=O) groups is 6. The number of hydroxylamine groups is 1. The topological polar surface area (TPSA) is 186 Å². The summed E-state index contributed by atoms with van der Waals surface area (Å²) in [7, 11) is 0. The predicted molar refractivity (Wildman–Crippen MR) is 149 cm³/mol. The zero-order valence-corrected chi connectivity index (χ0v) is 24.3. The van der Waals surface area contributed by atoms with E-state index in [0.29, 0.717) is 44.0 Å². The molecule has 1 aliphatic rings. The molecular weight excluding hydrogens is 520 g/mol. The van der Waals surface area contributed by atoms with Gasteiger partial charge in [-0.1, -0.05) is 53.5 Å². The van der Waals surface area contributed by atoms with Gasteiger partial charge >= 0.3 is 0 Å². The molecule has 1 aliphatic heterocycles. The maximum Gasteiger partial charge on any atom is 0.239 e. The molecule has 2 unspecified atom stereocenters. The van der Waals surface area contributed by atoms with E-state index < -0.39 is 11.8 Å². The summed E-state index contributed by atoms with van der Waals surface area (Å²) in [5, 5.41) is 18.2. The van der Waals surface area contributed by atoms with Gasteiger partial charge in [0, 0.05) is 31.1 Å². The number of imide groups is 1. The summed E-state index contributed by atoms with van der Waals surface area (Å²) in [6, 6.07) is 0. The van der Waals surface area contributed by atoms with Gasteiger partial charge in [-0.05, 0) is 31.1 Å². The van der Waals surface area contributed by atoms with Crippen molar-refractivity contribution in [1.82, 2.24) is 31.6 Å². The van der Waals surface area contributed by atoms with Gasteiger partial charge in [-0.15, -0.1) is 0 Å². The van der Waals surface area contributed by atoms with Crippen LogP contribution >= 0.6 is 0 Å². The molecular formula is C27H48N6O7. The molecule has 0 radical (unpaired) electrons. The number of rotatable bonds is 19. The maximum atomic E-state index is 11.8. The molecule has 0 spiro atoms. The normalized spacial score (nSPS) is 15.1. The average Bonchev–Trinajstić information content (AvgIpc) is 3.21. The number of likely N-dealkylation sites (tertiary alicyclic amines) is 1. The lowest BCUT2D eigenvalue weighted by molar-refractivity contribution is -0.139. The van der Waals surface area contributed by atoms with Crippen molar-refractivity contribution in [2.24, 2.45) is 17.8 Å². The van der Waals surface area contributed by atoms with Crippen LogP contribution in [0.5, 0.6) is 0 Å². The number of nitrogens with zero attached hydrogens (tertiary/aromatic N) is 1. The van der Waals surface area contributed by atoms with Crippen LogP contribution in [0.2, 0.25) is 0 Å². The van der Waals surface area contributed by atoms with E-state index in [1.165, 1.54) is 4.90 Å². The monoisotopic (exact) mass is 568 g/mol. The molecule has 0 saturated carbocycles. The molecule has 13 nitrogen and oxygen atoms in total. The van der Waals surface area contributed by atoms with Crippen LogP contribution < -0.4 is 26.7 Å². The summed E-state index contributed by atoms with van der Waals surface area (Å²) in [5.74, 6) is -0.652. The highest BCUT2D eigenvalue weighted by Crippen LogP contribution is 2.26. The van der Waals surface area contributed by atoms with Gasteiger partial charge in [0.05, 0.1) is 19.6 Å². The van der Waals surface area contributed by atoms with Crippen LogP contribution in [-0.4, -0.2) is 78.8 Å². The molecule has 0 aromatic heterocycles. The smallest absolute Gasteiger partial charge is 0.239 e. The van der Waals surface area contributed by atoms with E-state index in [2.05, 4.69) is 41.7 Å². The Morgan fingerprint density at radius 3 is 2.12 bits per heavy atom. The van der Waals surface area contributed by atoms with Gasteiger partial charge in [-0.25, -0.2) is 0 Å². The summed E-state index contributed by atoms with van der Waals surface area (Å²) in [4.78, 5) is 68.9. The third-order valence-electron chi connectivity index (χ3n) is 6.26. The van der Waals surface area contributed by atoms with Gasteiger partial charge in [-0.3, -0.25) is 44.4 Å². The number of amides is 6. The Kier molecular flexibility index (Phi) is 19.5. The first-order valence-electron chi connectivity index (χ1n) is 13.9. The highest BCUT2D eigenvalue weighted by Gasteiger charge is 2.39. The Morgan fingerprint density at radius 1 is 1.00 bits per heavy atom. The van der Waals surface area contributed by atoms with Gasteiger partial charge in [0.25, 0.3) is 0 Å². The van der Waals surface area contributed by atoms with Crippen molar-refractivity contribution in [2.75, 3.05) is 32.7 Å². The third-order valence-corrected chi connectivity index (χ3v) is 6.26. The SMILES string of the molecule is C=C(CC(C)CCCCNC(=O)CNC(=O)CNC(=O)CNC=O)NO.CCCCN1C(=O)CC(C(C)C)C1=O. The highest BCUT2D eigenvalue weighted by atomic mass is 16.5. The maximum absolute atomic E-state index is 11.8. The van der Waals surface area contributed by atoms with E-state index in [0.717, 1.165) is 32.1 Å². The van der Waals surface area contributed by atoms with E-state index in [-0.39, 0.29) is 49.2 Å². The van der Waals surface area contributed by atoms with Crippen molar-refractivity contribution in [2.45, 2.75) is 72.6 Å². The van der Waals surface area contributed by atoms with Crippen molar-refractivity contribution < 1.29 is 34.0 Å². The highest BCUT2D eigenvalue weighted by molar-refractivity contribution is 6.03. The molecule has 228 valence electrons. The lowest BCUT2D eigenvalue weighted by atomic mass is 9.94. The summed E-state index contributed by atoms with van der Waals surface area (Å²) < 4.78 is 0. The third kappa shape index (κ3) is 16.5. The molecule has 40 heavy (non-hydrogen) atoms. The number of hydrogen-bond acceptors (Lipinski definition) is 8. The second-order valence-corrected chi connectivity index (χ2v) is 10.2. The Hall–Kier alpha value is -3.48. The van der Waals surface area contributed by atoms with E-state index in [1.54, 1.807) is 0 Å². The first-order valence-corrected chi connectivity index (χ1v) is 13.9. The Morgan fingerprint density at radius 2 is 1.60 bits per heavy atom. The molecule has 1 rings (SSSR count). The van der Waals surface area contributed by atoms with E-state index in [1.807, 2.05) is 19.3 Å². The molecule has 6 amide bonds. The second-order valence-electron chi connectivity index (χ2n) is 10.2. The lowest BCUT2D eigenvalue weighted by Gasteiger charge is -2.15. The molecule has 1 saturated heterocycles. The van der Waals surface area contributed by atoms with E-state index in [4.69, 9.17) is 5.21 Å². The first-order chi connectivity index (χ1) is 19.0. The minimum absolute atomic E-state index is 0.0159. The van der Waals surface area contributed by atoms with Crippen LogP contribution in [0.25, 0.3) is 0 Å². The minimum atomic E-state index is -0.496. The van der Waals surface area contributed by atoms with Crippen molar-refractivity contribution >= 4 is 35.9 Å². The van der Waals surface area contributed by atoms with E-state index in [9.17, 15) is 28.8 Å². The largest absolute Gasteiger partial charge is 0.355 e. The Labute approximate surface area is 237 Å². The Bertz CT molecular complexity index is 849. The molecule has 13 heteroatoms. The number of allylic oxidation sites excluding steroid dienone is 1. The number of nitrogens with one attached hydrogen (secondary N) is 5. The molecule has 0 aliphatic carbocycles. The van der Waals surface area contributed by atoms with Crippen molar-refractivity contribution in [3.05, 3.63) is 12.3 Å². The minimum Gasteiger partial charge on any atom is -0.355 e. The number of hydrogen-bond donors (Lipinski definition) is 6. The molecule has 2 atom stereocenters. The van der Waals surface area contributed by atoms with Gasteiger partial charge in [-0.2, -0.15) is 0 Å². The fraction of sp³-hybridized carbons (Fsp3) is 0.704. The van der Waals surface area contributed by atoms with Crippen LogP contribution in [0.15, 0.2) is 12.3 Å². The molecule has 6 N–H and O–H groups in total. The van der Waals surface area contributed by atoms with Crippen LogP contribution in [-0.2, 0) is 28.8 Å². The van der Waals surface area contributed by atoms with Gasteiger partial charge in [0.15, 0.2) is 0 Å². The van der Waals surface area contributed by atoms with Crippen LogP contribution in [0.3, 0.4) is 0 Å². The zero-order valence-electron chi connectivity index (χ0n) is 24.3.